The summed E-state index contributed by atoms with van der Waals surface area (Å²) in [6.07, 6.45) is 4.14. The number of halogens is 4. The van der Waals surface area contributed by atoms with Crippen LogP contribution in [0.1, 0.15) is 51.9 Å². The number of unbranched alkanes of at least 4 members (excludes halogenated alkanes) is 4. The summed E-state index contributed by atoms with van der Waals surface area (Å²) in [6.45, 7) is 2.73. The maximum Gasteiger partial charge on any atom is 0.573 e. The second-order valence-corrected chi connectivity index (χ2v) is 11.0. The molecule has 0 amide bonds. The summed E-state index contributed by atoms with van der Waals surface area (Å²) in [5, 5.41) is 0. The summed E-state index contributed by atoms with van der Waals surface area (Å²) in [6, 6.07) is 7.37. The van der Waals surface area contributed by atoms with E-state index in [0.29, 0.717) is 12.5 Å². The molecule has 0 saturated carbocycles. The van der Waals surface area contributed by atoms with Crippen molar-refractivity contribution in [1.82, 2.24) is 0 Å². The lowest BCUT2D eigenvalue weighted by molar-refractivity contribution is -0.275. The van der Waals surface area contributed by atoms with E-state index < -0.39 is 26.7 Å². The summed E-state index contributed by atoms with van der Waals surface area (Å²) < 4.78 is 59.4. The van der Waals surface area contributed by atoms with Crippen LogP contribution < -0.4 is 9.47 Å². The Morgan fingerprint density at radius 3 is 2.41 bits per heavy atom. The summed E-state index contributed by atoms with van der Waals surface area (Å²) in [5.41, 5.74) is 0. The summed E-state index contributed by atoms with van der Waals surface area (Å²) >= 11 is 0. The predicted molar refractivity (Wildman–Crippen MR) is 102 cm³/mol. The molecule has 0 atom stereocenters. The second-order valence-electron chi connectivity index (χ2n) is 7.54. The molecule has 154 valence electrons. The van der Waals surface area contributed by atoms with Gasteiger partial charge in [0.2, 0.25) is 0 Å². The number of alkyl halides is 3. The average molecular weight is 407 g/mol. The third kappa shape index (κ3) is 8.54. The molecule has 27 heavy (non-hydrogen) atoms. The van der Waals surface area contributed by atoms with Gasteiger partial charge in [-0.1, -0.05) is 57.2 Å². The SMILES string of the molecule is CCCCCCC[Si@H]1CC[C@H](COc2ccc(OC(F)(F)F)c(F)c2)CC1. The zero-order valence-corrected chi connectivity index (χ0v) is 17.1. The van der Waals surface area contributed by atoms with Crippen LogP contribution in [-0.2, 0) is 0 Å². The monoisotopic (exact) mass is 406 g/mol. The average Bonchev–Trinajstić information content (AvgIpc) is 2.62. The Morgan fingerprint density at radius 2 is 1.78 bits per heavy atom. The van der Waals surface area contributed by atoms with Crippen molar-refractivity contribution in [3.8, 4) is 11.5 Å². The predicted octanol–water partition coefficient (Wildman–Crippen LogP) is 6.71. The highest BCUT2D eigenvalue weighted by molar-refractivity contribution is 6.58. The van der Waals surface area contributed by atoms with Gasteiger partial charge in [-0.05, 0) is 30.9 Å². The van der Waals surface area contributed by atoms with Gasteiger partial charge >= 0.3 is 6.36 Å². The Kier molecular flexibility index (Phi) is 8.92. The maximum atomic E-state index is 13.7. The molecule has 0 unspecified atom stereocenters. The zero-order valence-electron chi connectivity index (χ0n) is 16.0. The fourth-order valence-electron chi connectivity index (χ4n) is 3.72. The van der Waals surface area contributed by atoms with E-state index in [2.05, 4.69) is 11.7 Å². The van der Waals surface area contributed by atoms with Gasteiger partial charge in [-0.15, -0.1) is 13.2 Å². The highest BCUT2D eigenvalue weighted by atomic mass is 28.3. The van der Waals surface area contributed by atoms with Gasteiger partial charge in [-0.25, -0.2) is 4.39 Å². The Bertz CT molecular complexity index is 557. The molecule has 1 aliphatic rings. The first-order valence-electron chi connectivity index (χ1n) is 10.1. The molecule has 1 fully saturated rings. The van der Waals surface area contributed by atoms with Gasteiger partial charge in [-0.2, -0.15) is 0 Å². The van der Waals surface area contributed by atoms with Crippen LogP contribution in [0.5, 0.6) is 11.5 Å². The first-order valence-corrected chi connectivity index (χ1v) is 12.5. The molecule has 0 spiro atoms. The van der Waals surface area contributed by atoms with Crippen LogP contribution in [0.15, 0.2) is 18.2 Å². The van der Waals surface area contributed by atoms with Gasteiger partial charge in [0, 0.05) is 14.9 Å². The van der Waals surface area contributed by atoms with Gasteiger partial charge in [-0.3, -0.25) is 0 Å². The van der Waals surface area contributed by atoms with Crippen molar-refractivity contribution in [1.29, 1.82) is 0 Å². The topological polar surface area (TPSA) is 18.5 Å². The van der Waals surface area contributed by atoms with Crippen molar-refractivity contribution in [3.63, 3.8) is 0 Å². The molecule has 0 radical (unpaired) electrons. The summed E-state index contributed by atoms with van der Waals surface area (Å²) in [4.78, 5) is 0. The van der Waals surface area contributed by atoms with Crippen LogP contribution in [0.3, 0.4) is 0 Å². The third-order valence-corrected chi connectivity index (χ3v) is 8.82. The van der Waals surface area contributed by atoms with Crippen molar-refractivity contribution < 1.29 is 27.0 Å². The van der Waals surface area contributed by atoms with E-state index in [-0.39, 0.29) is 5.75 Å². The molecule has 7 heteroatoms. The van der Waals surface area contributed by atoms with E-state index in [1.54, 1.807) is 0 Å². The van der Waals surface area contributed by atoms with E-state index in [0.717, 1.165) is 25.0 Å². The lowest BCUT2D eigenvalue weighted by atomic mass is 10.0. The maximum absolute atomic E-state index is 13.7. The van der Waals surface area contributed by atoms with Crippen molar-refractivity contribution in [2.45, 2.75) is 76.4 Å². The molecule has 1 aliphatic heterocycles. The second kappa shape index (κ2) is 10.9. The summed E-state index contributed by atoms with van der Waals surface area (Å²) in [7, 11) is -0.589. The number of benzene rings is 1. The molecule has 2 rings (SSSR count). The van der Waals surface area contributed by atoms with Crippen LogP contribution >= 0.6 is 0 Å². The minimum absolute atomic E-state index is 0.248. The summed E-state index contributed by atoms with van der Waals surface area (Å²) in [5.74, 6) is -1.19. The molecule has 0 aromatic heterocycles. The van der Waals surface area contributed by atoms with E-state index in [1.165, 1.54) is 56.3 Å². The Morgan fingerprint density at radius 1 is 1.07 bits per heavy atom. The van der Waals surface area contributed by atoms with E-state index in [4.69, 9.17) is 4.74 Å². The molecule has 2 nitrogen and oxygen atoms in total. The normalized spacial score (nSPS) is 20.5. The molecule has 1 heterocycles. The van der Waals surface area contributed by atoms with E-state index in [1.807, 2.05) is 0 Å². The van der Waals surface area contributed by atoms with Crippen molar-refractivity contribution in [3.05, 3.63) is 24.0 Å². The van der Waals surface area contributed by atoms with E-state index in [9.17, 15) is 17.6 Å². The van der Waals surface area contributed by atoms with Gasteiger partial charge in [0.15, 0.2) is 11.6 Å². The number of ether oxygens (including phenoxy) is 2. The molecular formula is C20H30F4O2Si. The van der Waals surface area contributed by atoms with E-state index >= 15 is 0 Å². The molecule has 0 bridgehead atoms. The van der Waals surface area contributed by atoms with Gasteiger partial charge in [0.05, 0.1) is 6.61 Å². The number of rotatable bonds is 10. The highest BCUT2D eigenvalue weighted by Crippen LogP contribution is 2.31. The molecule has 0 N–H and O–H groups in total. The largest absolute Gasteiger partial charge is 0.573 e. The molecule has 0 aliphatic carbocycles. The van der Waals surface area contributed by atoms with Crippen molar-refractivity contribution in [2.24, 2.45) is 5.92 Å². The Balaban J connectivity index is 1.67. The lowest BCUT2D eigenvalue weighted by Gasteiger charge is -2.27. The molecule has 1 aromatic carbocycles. The lowest BCUT2D eigenvalue weighted by Crippen LogP contribution is -2.24. The Hall–Kier alpha value is -1.24. The van der Waals surface area contributed by atoms with Crippen LogP contribution in [0.2, 0.25) is 18.1 Å². The fourth-order valence-corrected chi connectivity index (χ4v) is 7.33. The molecule has 1 saturated heterocycles. The number of hydrogen-bond donors (Lipinski definition) is 0. The highest BCUT2D eigenvalue weighted by Gasteiger charge is 2.32. The van der Waals surface area contributed by atoms with Crippen LogP contribution in [-0.4, -0.2) is 21.8 Å². The van der Waals surface area contributed by atoms with Crippen LogP contribution in [0, 0.1) is 11.7 Å². The minimum Gasteiger partial charge on any atom is -0.493 e. The zero-order chi connectivity index (χ0) is 19.7. The Labute approximate surface area is 160 Å². The smallest absolute Gasteiger partial charge is 0.493 e. The number of hydrogen-bond acceptors (Lipinski definition) is 2. The van der Waals surface area contributed by atoms with Crippen molar-refractivity contribution in [2.75, 3.05) is 6.61 Å². The molecule has 1 aromatic rings. The van der Waals surface area contributed by atoms with Gasteiger partial charge < -0.3 is 9.47 Å². The van der Waals surface area contributed by atoms with Gasteiger partial charge in [0.25, 0.3) is 0 Å². The quantitative estimate of drug-likeness (QED) is 0.244. The first-order chi connectivity index (χ1) is 12.9. The molecular weight excluding hydrogens is 376 g/mol. The minimum atomic E-state index is -4.90. The third-order valence-electron chi connectivity index (χ3n) is 5.30. The fraction of sp³-hybridized carbons (Fsp3) is 0.700. The van der Waals surface area contributed by atoms with Crippen molar-refractivity contribution >= 4 is 8.80 Å². The first kappa shape index (κ1) is 22.1. The van der Waals surface area contributed by atoms with Crippen LogP contribution in [0.25, 0.3) is 0 Å². The standard InChI is InChI=1S/C20H30F4O2Si/c1-2-3-4-5-6-11-27-12-9-16(10-13-27)15-25-17-7-8-19(18(21)14-17)26-20(22,23)24/h7-8,14,16,27H,2-6,9-13,15H2,1H3/t16-,27-. The van der Waals surface area contributed by atoms with Gasteiger partial charge in [0.1, 0.15) is 5.75 Å². The van der Waals surface area contributed by atoms with Crippen LogP contribution in [0.4, 0.5) is 17.6 Å².